The highest BCUT2D eigenvalue weighted by molar-refractivity contribution is 4.74. The predicted molar refractivity (Wildman–Crippen MR) is 48.5 cm³/mol. The lowest BCUT2D eigenvalue weighted by molar-refractivity contribution is 0.231. The van der Waals surface area contributed by atoms with Crippen molar-refractivity contribution in [3.8, 4) is 0 Å². The minimum atomic E-state index is 0.258. The van der Waals surface area contributed by atoms with Crippen LogP contribution in [0.3, 0.4) is 0 Å². The lowest BCUT2D eigenvalue weighted by atomic mass is 10.1. The molecule has 0 aromatic rings. The average Bonchev–Trinajstić information content (AvgIpc) is 2.01. The Hall–Kier alpha value is -0.340. The molecule has 0 aliphatic heterocycles. The molecule has 0 radical (unpaired) electrons. The SMILES string of the molecule is C=CCC(C)NCC(C)CO. The maximum Gasteiger partial charge on any atom is 0.0468 e. The van der Waals surface area contributed by atoms with Gasteiger partial charge in [-0.05, 0) is 19.3 Å². The molecule has 11 heavy (non-hydrogen) atoms. The van der Waals surface area contributed by atoms with Gasteiger partial charge in [-0.3, -0.25) is 0 Å². The number of hydrogen-bond acceptors (Lipinski definition) is 2. The summed E-state index contributed by atoms with van der Waals surface area (Å²) in [4.78, 5) is 0. The first-order chi connectivity index (χ1) is 5.20. The van der Waals surface area contributed by atoms with Gasteiger partial charge in [-0.2, -0.15) is 0 Å². The zero-order chi connectivity index (χ0) is 8.69. The summed E-state index contributed by atoms with van der Waals surface area (Å²) in [5.74, 6) is 0.349. The average molecular weight is 157 g/mol. The Morgan fingerprint density at radius 3 is 2.64 bits per heavy atom. The number of rotatable bonds is 6. The second kappa shape index (κ2) is 6.38. The van der Waals surface area contributed by atoms with Crippen molar-refractivity contribution < 1.29 is 5.11 Å². The van der Waals surface area contributed by atoms with Gasteiger partial charge in [-0.1, -0.05) is 13.0 Å². The van der Waals surface area contributed by atoms with Gasteiger partial charge in [0.05, 0.1) is 0 Å². The first kappa shape index (κ1) is 10.7. The van der Waals surface area contributed by atoms with Crippen molar-refractivity contribution in [2.45, 2.75) is 26.3 Å². The van der Waals surface area contributed by atoms with Crippen LogP contribution < -0.4 is 5.32 Å². The molecule has 66 valence electrons. The zero-order valence-corrected chi connectivity index (χ0v) is 7.51. The minimum Gasteiger partial charge on any atom is -0.396 e. The summed E-state index contributed by atoms with van der Waals surface area (Å²) in [7, 11) is 0. The quantitative estimate of drug-likeness (QED) is 0.567. The maximum atomic E-state index is 8.72. The number of hydrogen-bond donors (Lipinski definition) is 2. The van der Waals surface area contributed by atoms with Gasteiger partial charge in [-0.15, -0.1) is 6.58 Å². The Kier molecular flexibility index (Phi) is 6.18. The van der Waals surface area contributed by atoms with Crippen molar-refractivity contribution in [2.75, 3.05) is 13.2 Å². The van der Waals surface area contributed by atoms with Crippen LogP contribution in [0.15, 0.2) is 12.7 Å². The van der Waals surface area contributed by atoms with E-state index in [1.165, 1.54) is 0 Å². The number of aliphatic hydroxyl groups excluding tert-OH is 1. The minimum absolute atomic E-state index is 0.258. The van der Waals surface area contributed by atoms with Crippen molar-refractivity contribution in [2.24, 2.45) is 5.92 Å². The predicted octanol–water partition coefficient (Wildman–Crippen LogP) is 1.17. The van der Waals surface area contributed by atoms with E-state index < -0.39 is 0 Å². The van der Waals surface area contributed by atoms with Gasteiger partial charge in [0.15, 0.2) is 0 Å². The summed E-state index contributed by atoms with van der Waals surface area (Å²) >= 11 is 0. The van der Waals surface area contributed by atoms with E-state index in [4.69, 9.17) is 5.11 Å². The van der Waals surface area contributed by atoms with Crippen LogP contribution in [0.1, 0.15) is 20.3 Å². The first-order valence-electron chi connectivity index (χ1n) is 4.15. The number of nitrogens with one attached hydrogen (secondary N) is 1. The number of aliphatic hydroxyl groups is 1. The van der Waals surface area contributed by atoms with Crippen molar-refractivity contribution in [1.82, 2.24) is 5.32 Å². The van der Waals surface area contributed by atoms with E-state index in [1.807, 2.05) is 13.0 Å². The van der Waals surface area contributed by atoms with Crippen LogP contribution in [0.4, 0.5) is 0 Å². The van der Waals surface area contributed by atoms with Crippen molar-refractivity contribution in [3.05, 3.63) is 12.7 Å². The Labute approximate surface area is 69.3 Å². The van der Waals surface area contributed by atoms with Gasteiger partial charge < -0.3 is 10.4 Å². The third-order valence-corrected chi connectivity index (χ3v) is 1.65. The third kappa shape index (κ3) is 6.07. The van der Waals surface area contributed by atoms with E-state index in [1.54, 1.807) is 0 Å². The lowest BCUT2D eigenvalue weighted by Crippen LogP contribution is -2.30. The zero-order valence-electron chi connectivity index (χ0n) is 7.51. The van der Waals surface area contributed by atoms with Crippen LogP contribution in [0, 0.1) is 5.92 Å². The van der Waals surface area contributed by atoms with E-state index in [9.17, 15) is 0 Å². The molecular weight excluding hydrogens is 138 g/mol. The molecule has 0 aliphatic carbocycles. The molecule has 2 nitrogen and oxygen atoms in total. The van der Waals surface area contributed by atoms with Crippen LogP contribution in [0.5, 0.6) is 0 Å². The molecule has 2 heteroatoms. The second-order valence-electron chi connectivity index (χ2n) is 3.12. The van der Waals surface area contributed by atoms with Crippen molar-refractivity contribution in [1.29, 1.82) is 0 Å². The molecule has 0 aliphatic rings. The highest BCUT2D eigenvalue weighted by Gasteiger charge is 2.01. The largest absolute Gasteiger partial charge is 0.396 e. The fraction of sp³-hybridized carbons (Fsp3) is 0.778. The van der Waals surface area contributed by atoms with Crippen LogP contribution in [-0.4, -0.2) is 24.3 Å². The summed E-state index contributed by atoms with van der Waals surface area (Å²) in [6.45, 7) is 8.94. The van der Waals surface area contributed by atoms with E-state index in [2.05, 4.69) is 18.8 Å². The van der Waals surface area contributed by atoms with E-state index >= 15 is 0 Å². The maximum absolute atomic E-state index is 8.72. The molecule has 0 heterocycles. The Bertz CT molecular complexity index is 104. The standard InChI is InChI=1S/C9H19NO/c1-4-5-9(3)10-6-8(2)7-11/h4,8-11H,1,5-7H2,2-3H3. The topological polar surface area (TPSA) is 32.3 Å². The third-order valence-electron chi connectivity index (χ3n) is 1.65. The molecule has 0 amide bonds. The van der Waals surface area contributed by atoms with Crippen LogP contribution in [0.25, 0.3) is 0 Å². The van der Waals surface area contributed by atoms with Gasteiger partial charge in [0.25, 0.3) is 0 Å². The molecule has 2 unspecified atom stereocenters. The molecule has 0 rings (SSSR count). The van der Waals surface area contributed by atoms with E-state index in [0.717, 1.165) is 13.0 Å². The molecule has 2 atom stereocenters. The van der Waals surface area contributed by atoms with Gasteiger partial charge >= 0.3 is 0 Å². The van der Waals surface area contributed by atoms with E-state index in [-0.39, 0.29) is 6.61 Å². The van der Waals surface area contributed by atoms with Crippen molar-refractivity contribution >= 4 is 0 Å². The summed E-state index contributed by atoms with van der Waals surface area (Å²) in [6, 6.07) is 0.474. The second-order valence-corrected chi connectivity index (χ2v) is 3.12. The summed E-state index contributed by atoms with van der Waals surface area (Å²) in [5.41, 5.74) is 0. The Morgan fingerprint density at radius 2 is 2.18 bits per heavy atom. The normalized spacial score (nSPS) is 15.9. The molecule has 0 fully saturated rings. The molecule has 0 bridgehead atoms. The van der Waals surface area contributed by atoms with Gasteiger partial charge in [-0.25, -0.2) is 0 Å². The molecular formula is C9H19NO. The molecule has 0 aromatic carbocycles. The summed E-state index contributed by atoms with van der Waals surface area (Å²) < 4.78 is 0. The molecule has 2 N–H and O–H groups in total. The van der Waals surface area contributed by atoms with Gasteiger partial charge in [0, 0.05) is 19.2 Å². The van der Waals surface area contributed by atoms with Gasteiger partial charge in [0.1, 0.15) is 0 Å². The Balaban J connectivity index is 3.29. The lowest BCUT2D eigenvalue weighted by Gasteiger charge is -2.14. The van der Waals surface area contributed by atoms with Crippen LogP contribution >= 0.6 is 0 Å². The fourth-order valence-electron chi connectivity index (χ4n) is 0.800. The molecule has 0 spiro atoms. The Morgan fingerprint density at radius 1 is 1.55 bits per heavy atom. The van der Waals surface area contributed by atoms with Gasteiger partial charge in [0.2, 0.25) is 0 Å². The van der Waals surface area contributed by atoms with E-state index in [0.29, 0.717) is 12.0 Å². The molecule has 0 aromatic heterocycles. The smallest absolute Gasteiger partial charge is 0.0468 e. The monoisotopic (exact) mass is 157 g/mol. The highest BCUT2D eigenvalue weighted by Crippen LogP contribution is 1.94. The van der Waals surface area contributed by atoms with Crippen molar-refractivity contribution in [3.63, 3.8) is 0 Å². The first-order valence-corrected chi connectivity index (χ1v) is 4.15. The molecule has 0 saturated heterocycles. The highest BCUT2D eigenvalue weighted by atomic mass is 16.3. The van der Waals surface area contributed by atoms with Crippen LogP contribution in [0.2, 0.25) is 0 Å². The molecule has 0 saturated carbocycles. The summed E-state index contributed by atoms with van der Waals surface area (Å²) in [5, 5.41) is 12.0. The van der Waals surface area contributed by atoms with Crippen LogP contribution in [-0.2, 0) is 0 Å². The fourth-order valence-corrected chi connectivity index (χ4v) is 0.800. The summed E-state index contributed by atoms with van der Waals surface area (Å²) in [6.07, 6.45) is 2.89.